The zero-order valence-corrected chi connectivity index (χ0v) is 19.6. The lowest BCUT2D eigenvalue weighted by Gasteiger charge is -2.30. The highest BCUT2D eigenvalue weighted by molar-refractivity contribution is 6.24. The van der Waals surface area contributed by atoms with Gasteiger partial charge < -0.3 is 9.84 Å². The molecule has 2 aromatic carbocycles. The van der Waals surface area contributed by atoms with Crippen LogP contribution in [0.3, 0.4) is 0 Å². The first-order valence-electron chi connectivity index (χ1n) is 11.3. The van der Waals surface area contributed by atoms with Crippen LogP contribution in [0.15, 0.2) is 64.9 Å². The van der Waals surface area contributed by atoms with Crippen LogP contribution in [0.5, 0.6) is 5.75 Å². The maximum atomic E-state index is 13.0. The number of aliphatic hydroxyl groups is 1. The lowest BCUT2D eigenvalue weighted by Crippen LogP contribution is -2.32. The molecule has 2 aromatic rings. The number of rotatable bonds is 7. The van der Waals surface area contributed by atoms with Gasteiger partial charge in [-0.25, -0.2) is 0 Å². The van der Waals surface area contributed by atoms with Crippen LogP contribution in [0, 0.1) is 5.41 Å². The minimum atomic E-state index is -0.327. The summed E-state index contributed by atoms with van der Waals surface area (Å²) in [5.41, 5.74) is 1.76. The topological polar surface area (TPSA) is 96.3 Å². The molecule has 1 aliphatic carbocycles. The third-order valence-electron chi connectivity index (χ3n) is 6.13. The van der Waals surface area contributed by atoms with Gasteiger partial charge in [0.25, 0.3) is 11.8 Å². The van der Waals surface area contributed by atoms with Gasteiger partial charge in [0.15, 0.2) is 5.78 Å². The average Bonchev–Trinajstić information content (AvgIpc) is 3.03. The second-order valence-electron chi connectivity index (χ2n) is 9.43. The van der Waals surface area contributed by atoms with Crippen molar-refractivity contribution < 1.29 is 24.2 Å². The standard InChI is InChI=1S/C27H28N2O5/c1-27(2)15-22(30)24(23(31)16-27)21(28-17-8-6-9-18(14-17)34-3)12-7-13-29-25(32)19-10-4-5-11-20(19)26(29)33/h4-6,8-11,14,30H,7,12-13,15-16H2,1-3H3. The highest BCUT2D eigenvalue weighted by Crippen LogP contribution is 2.37. The van der Waals surface area contributed by atoms with Crippen LogP contribution in [0.1, 0.15) is 60.2 Å². The fourth-order valence-electron chi connectivity index (χ4n) is 4.54. The van der Waals surface area contributed by atoms with Crippen molar-refractivity contribution in [3.8, 4) is 5.75 Å². The Bertz CT molecular complexity index is 1190. The minimum Gasteiger partial charge on any atom is -0.511 e. The van der Waals surface area contributed by atoms with Gasteiger partial charge in [-0.15, -0.1) is 0 Å². The molecule has 1 N–H and O–H groups in total. The number of hydrogen-bond donors (Lipinski definition) is 1. The summed E-state index contributed by atoms with van der Waals surface area (Å²) in [5.74, 6) is -0.130. The fourth-order valence-corrected chi connectivity index (χ4v) is 4.54. The van der Waals surface area contributed by atoms with Gasteiger partial charge in [-0.1, -0.05) is 32.0 Å². The molecule has 0 atom stereocenters. The predicted molar refractivity (Wildman–Crippen MR) is 129 cm³/mol. The molecule has 0 aromatic heterocycles. The van der Waals surface area contributed by atoms with E-state index in [1.165, 1.54) is 4.90 Å². The van der Waals surface area contributed by atoms with Crippen molar-refractivity contribution >= 4 is 29.0 Å². The molecule has 0 radical (unpaired) electrons. The number of amides is 2. The van der Waals surface area contributed by atoms with Crippen molar-refractivity contribution in [2.45, 2.75) is 39.5 Å². The van der Waals surface area contributed by atoms with Crippen LogP contribution in [0.2, 0.25) is 0 Å². The maximum absolute atomic E-state index is 13.0. The van der Waals surface area contributed by atoms with E-state index in [0.717, 1.165) is 0 Å². The summed E-state index contributed by atoms with van der Waals surface area (Å²) >= 11 is 0. The van der Waals surface area contributed by atoms with Crippen LogP contribution < -0.4 is 4.74 Å². The summed E-state index contributed by atoms with van der Waals surface area (Å²) in [6.07, 6.45) is 1.41. The molecule has 7 heteroatoms. The number of aliphatic imine (C=N–C) groups is 1. The van der Waals surface area contributed by atoms with Crippen LogP contribution >= 0.6 is 0 Å². The first kappa shape index (κ1) is 23.4. The van der Waals surface area contributed by atoms with Crippen molar-refractivity contribution in [1.82, 2.24) is 4.90 Å². The molecule has 1 aliphatic heterocycles. The third-order valence-corrected chi connectivity index (χ3v) is 6.13. The Hall–Kier alpha value is -3.74. The quantitative estimate of drug-likeness (QED) is 0.461. The lowest BCUT2D eigenvalue weighted by atomic mass is 9.75. The van der Waals surface area contributed by atoms with Crippen LogP contribution in [-0.2, 0) is 4.79 Å². The molecule has 0 saturated heterocycles. The van der Waals surface area contributed by atoms with Gasteiger partial charge in [0.1, 0.15) is 11.5 Å². The molecule has 0 spiro atoms. The number of Topliss-reactive ketones (excluding diaryl/α,β-unsaturated/α-hetero) is 1. The third kappa shape index (κ3) is 4.64. The highest BCUT2D eigenvalue weighted by Gasteiger charge is 2.36. The number of allylic oxidation sites excluding steroid dienone is 2. The van der Waals surface area contributed by atoms with E-state index >= 15 is 0 Å². The number of imide groups is 1. The summed E-state index contributed by atoms with van der Waals surface area (Å²) in [4.78, 5) is 44.3. The fraction of sp³-hybridized carbons (Fsp3) is 0.333. The number of ether oxygens (including phenoxy) is 1. The summed E-state index contributed by atoms with van der Waals surface area (Å²) in [6, 6.07) is 13.9. The van der Waals surface area contributed by atoms with Gasteiger partial charge >= 0.3 is 0 Å². The van der Waals surface area contributed by atoms with Gasteiger partial charge in [-0.3, -0.25) is 24.3 Å². The zero-order chi connectivity index (χ0) is 24.5. The van der Waals surface area contributed by atoms with Crippen molar-refractivity contribution in [1.29, 1.82) is 0 Å². The van der Waals surface area contributed by atoms with E-state index in [9.17, 15) is 19.5 Å². The maximum Gasteiger partial charge on any atom is 0.261 e. The molecule has 0 bridgehead atoms. The minimum absolute atomic E-state index is 0.0311. The Morgan fingerprint density at radius 2 is 1.71 bits per heavy atom. The van der Waals surface area contributed by atoms with E-state index in [2.05, 4.69) is 0 Å². The van der Waals surface area contributed by atoms with Crippen molar-refractivity contribution in [3.05, 3.63) is 71.0 Å². The highest BCUT2D eigenvalue weighted by atomic mass is 16.5. The second kappa shape index (κ2) is 9.25. The summed E-state index contributed by atoms with van der Waals surface area (Å²) in [7, 11) is 1.56. The molecule has 2 amide bonds. The Labute approximate surface area is 198 Å². The largest absolute Gasteiger partial charge is 0.511 e. The van der Waals surface area contributed by atoms with Crippen molar-refractivity contribution in [2.24, 2.45) is 10.4 Å². The smallest absolute Gasteiger partial charge is 0.261 e. The SMILES string of the molecule is COc1cccc(N=C(CCCN2C(=O)c3ccccc3C2=O)C2=C(O)CC(C)(C)CC2=O)c1. The number of aliphatic hydroxyl groups excluding tert-OH is 1. The normalized spacial score (nSPS) is 17.9. The van der Waals surface area contributed by atoms with Crippen molar-refractivity contribution in [3.63, 3.8) is 0 Å². The van der Waals surface area contributed by atoms with Gasteiger partial charge in [-0.05, 0) is 42.5 Å². The molecular formula is C27H28N2O5. The molecule has 7 nitrogen and oxygen atoms in total. The monoisotopic (exact) mass is 460 g/mol. The summed E-state index contributed by atoms with van der Waals surface area (Å²) in [6.45, 7) is 4.08. The van der Waals surface area contributed by atoms with Crippen LogP contribution in [0.4, 0.5) is 5.69 Å². The first-order chi connectivity index (χ1) is 16.2. The van der Waals surface area contributed by atoms with E-state index in [0.29, 0.717) is 54.0 Å². The predicted octanol–water partition coefficient (Wildman–Crippen LogP) is 5.05. The average molecular weight is 461 g/mol. The molecule has 2 aliphatic rings. The first-order valence-corrected chi connectivity index (χ1v) is 11.3. The number of carbonyl (C=O) groups is 3. The van der Waals surface area contributed by atoms with E-state index < -0.39 is 0 Å². The zero-order valence-electron chi connectivity index (χ0n) is 19.6. The molecule has 0 fully saturated rings. The van der Waals surface area contributed by atoms with Gasteiger partial charge in [0.05, 0.1) is 35.2 Å². The number of fused-ring (bicyclic) bond motifs is 1. The Morgan fingerprint density at radius 1 is 1.03 bits per heavy atom. The van der Waals surface area contributed by atoms with E-state index in [-0.39, 0.29) is 40.9 Å². The van der Waals surface area contributed by atoms with Crippen LogP contribution in [-0.4, -0.2) is 47.0 Å². The Balaban J connectivity index is 1.59. The van der Waals surface area contributed by atoms with Gasteiger partial charge in [-0.2, -0.15) is 0 Å². The molecule has 4 rings (SSSR count). The van der Waals surface area contributed by atoms with E-state index in [1.807, 2.05) is 13.8 Å². The molecule has 0 saturated carbocycles. The lowest BCUT2D eigenvalue weighted by molar-refractivity contribution is -0.118. The number of hydrogen-bond acceptors (Lipinski definition) is 6. The summed E-state index contributed by atoms with van der Waals surface area (Å²) < 4.78 is 5.28. The Morgan fingerprint density at radius 3 is 2.32 bits per heavy atom. The van der Waals surface area contributed by atoms with Gasteiger partial charge in [0, 0.05) is 25.5 Å². The molecule has 0 unspecified atom stereocenters. The summed E-state index contributed by atoms with van der Waals surface area (Å²) in [5, 5.41) is 10.8. The number of methoxy groups -OCH3 is 1. The number of benzene rings is 2. The molecular weight excluding hydrogens is 432 g/mol. The Kier molecular flexibility index (Phi) is 6.37. The van der Waals surface area contributed by atoms with Gasteiger partial charge in [0.2, 0.25) is 0 Å². The number of carbonyl (C=O) groups excluding carboxylic acids is 3. The van der Waals surface area contributed by atoms with Crippen molar-refractivity contribution in [2.75, 3.05) is 13.7 Å². The molecule has 34 heavy (non-hydrogen) atoms. The van der Waals surface area contributed by atoms with Crippen LogP contribution in [0.25, 0.3) is 0 Å². The number of ketones is 1. The van der Waals surface area contributed by atoms with E-state index in [4.69, 9.17) is 9.73 Å². The molecule has 1 heterocycles. The number of nitrogens with zero attached hydrogens (tertiary/aromatic N) is 2. The molecule has 176 valence electrons. The second-order valence-corrected chi connectivity index (χ2v) is 9.43. The van der Waals surface area contributed by atoms with E-state index in [1.54, 1.807) is 55.6 Å².